The molecular formula is C16H19FN2O2. The maximum atomic E-state index is 13.2. The SMILES string of the molecule is O=C(c1cc2ccc(F)cc2[nH]1)N1CCC(CCO)CC1. The molecule has 21 heavy (non-hydrogen) atoms. The minimum atomic E-state index is -0.312. The van der Waals surface area contributed by atoms with Crippen molar-refractivity contribution in [2.75, 3.05) is 19.7 Å². The predicted molar refractivity (Wildman–Crippen MR) is 78.6 cm³/mol. The van der Waals surface area contributed by atoms with E-state index >= 15 is 0 Å². The number of halogens is 1. The maximum Gasteiger partial charge on any atom is 0.270 e. The van der Waals surface area contributed by atoms with Crippen LogP contribution >= 0.6 is 0 Å². The van der Waals surface area contributed by atoms with Crippen LogP contribution in [0.25, 0.3) is 10.9 Å². The number of piperidine rings is 1. The fourth-order valence-corrected chi connectivity index (χ4v) is 2.99. The summed E-state index contributed by atoms with van der Waals surface area (Å²) in [5, 5.41) is 9.80. The average Bonchev–Trinajstić information content (AvgIpc) is 2.90. The lowest BCUT2D eigenvalue weighted by molar-refractivity contribution is 0.0673. The number of rotatable bonds is 3. The standard InChI is InChI=1S/C16H19FN2O2/c17-13-2-1-12-9-15(18-14(12)10-13)16(21)19-6-3-11(4-7-19)5-8-20/h1-2,9-11,18,20H,3-8H2. The van der Waals surface area contributed by atoms with Gasteiger partial charge in [-0.25, -0.2) is 4.39 Å². The molecule has 112 valence electrons. The summed E-state index contributed by atoms with van der Waals surface area (Å²) in [6, 6.07) is 6.24. The molecule has 1 aromatic carbocycles. The zero-order chi connectivity index (χ0) is 14.8. The molecule has 1 aliphatic heterocycles. The third-order valence-corrected chi connectivity index (χ3v) is 4.25. The Balaban J connectivity index is 1.72. The molecule has 2 heterocycles. The van der Waals surface area contributed by atoms with Crippen molar-refractivity contribution in [1.82, 2.24) is 9.88 Å². The van der Waals surface area contributed by atoms with Crippen molar-refractivity contribution in [3.05, 3.63) is 35.8 Å². The molecule has 0 bridgehead atoms. The summed E-state index contributed by atoms with van der Waals surface area (Å²) in [7, 11) is 0. The Kier molecular flexibility index (Phi) is 3.92. The lowest BCUT2D eigenvalue weighted by Crippen LogP contribution is -2.38. The molecule has 4 nitrogen and oxygen atoms in total. The number of likely N-dealkylation sites (tertiary alicyclic amines) is 1. The molecule has 1 saturated heterocycles. The van der Waals surface area contributed by atoms with E-state index < -0.39 is 0 Å². The second-order valence-electron chi connectivity index (χ2n) is 5.66. The summed E-state index contributed by atoms with van der Waals surface area (Å²) in [6.07, 6.45) is 2.68. The number of aromatic amines is 1. The van der Waals surface area contributed by atoms with Crippen molar-refractivity contribution >= 4 is 16.8 Å². The summed E-state index contributed by atoms with van der Waals surface area (Å²) in [4.78, 5) is 17.3. The Morgan fingerprint density at radius 3 is 2.81 bits per heavy atom. The Hall–Kier alpha value is -1.88. The van der Waals surface area contributed by atoms with Gasteiger partial charge in [0.15, 0.2) is 0 Å². The number of benzene rings is 1. The second kappa shape index (κ2) is 5.85. The first-order valence-corrected chi connectivity index (χ1v) is 7.36. The van der Waals surface area contributed by atoms with Crippen LogP contribution in [-0.4, -0.2) is 40.6 Å². The molecule has 1 fully saturated rings. The maximum absolute atomic E-state index is 13.2. The summed E-state index contributed by atoms with van der Waals surface area (Å²) < 4.78 is 13.2. The van der Waals surface area contributed by atoms with Crippen molar-refractivity contribution in [2.24, 2.45) is 5.92 Å². The fourth-order valence-electron chi connectivity index (χ4n) is 2.99. The molecule has 1 aliphatic rings. The molecule has 2 aromatic rings. The Labute approximate surface area is 122 Å². The number of hydrogen-bond acceptors (Lipinski definition) is 2. The number of amides is 1. The van der Waals surface area contributed by atoms with E-state index in [4.69, 9.17) is 5.11 Å². The first-order chi connectivity index (χ1) is 10.2. The molecule has 0 aliphatic carbocycles. The van der Waals surface area contributed by atoms with Gasteiger partial charge in [0.2, 0.25) is 0 Å². The van der Waals surface area contributed by atoms with Crippen LogP contribution in [-0.2, 0) is 0 Å². The summed E-state index contributed by atoms with van der Waals surface area (Å²) in [5.41, 5.74) is 1.16. The van der Waals surface area contributed by atoms with Gasteiger partial charge in [-0.3, -0.25) is 4.79 Å². The van der Waals surface area contributed by atoms with E-state index in [9.17, 15) is 9.18 Å². The van der Waals surface area contributed by atoms with Crippen molar-refractivity contribution in [2.45, 2.75) is 19.3 Å². The summed E-state index contributed by atoms with van der Waals surface area (Å²) in [5.74, 6) is 0.165. The number of fused-ring (bicyclic) bond motifs is 1. The van der Waals surface area contributed by atoms with Gasteiger partial charge in [0.1, 0.15) is 11.5 Å². The zero-order valence-corrected chi connectivity index (χ0v) is 11.8. The van der Waals surface area contributed by atoms with Crippen LogP contribution in [0.1, 0.15) is 29.8 Å². The Bertz CT molecular complexity index is 645. The number of nitrogens with zero attached hydrogens (tertiary/aromatic N) is 1. The third kappa shape index (κ3) is 2.93. The van der Waals surface area contributed by atoms with Crippen molar-refractivity contribution < 1.29 is 14.3 Å². The highest BCUT2D eigenvalue weighted by molar-refractivity contribution is 5.98. The molecule has 3 rings (SSSR count). The van der Waals surface area contributed by atoms with Crippen molar-refractivity contribution in [1.29, 1.82) is 0 Å². The lowest BCUT2D eigenvalue weighted by Gasteiger charge is -2.31. The third-order valence-electron chi connectivity index (χ3n) is 4.25. The van der Waals surface area contributed by atoms with Gasteiger partial charge in [-0.05, 0) is 49.4 Å². The average molecular weight is 290 g/mol. The van der Waals surface area contributed by atoms with Crippen LogP contribution in [0.15, 0.2) is 24.3 Å². The minimum Gasteiger partial charge on any atom is -0.396 e. The van der Waals surface area contributed by atoms with E-state index in [0.717, 1.165) is 24.6 Å². The van der Waals surface area contributed by atoms with Gasteiger partial charge in [0.05, 0.1) is 0 Å². The number of nitrogens with one attached hydrogen (secondary N) is 1. The minimum absolute atomic E-state index is 0.0333. The van der Waals surface area contributed by atoms with E-state index in [1.165, 1.54) is 12.1 Å². The van der Waals surface area contributed by atoms with Gasteiger partial charge in [0, 0.05) is 30.6 Å². The number of aliphatic hydroxyl groups excluding tert-OH is 1. The smallest absolute Gasteiger partial charge is 0.270 e. The van der Waals surface area contributed by atoms with E-state index in [0.29, 0.717) is 30.2 Å². The van der Waals surface area contributed by atoms with Gasteiger partial charge in [-0.2, -0.15) is 0 Å². The molecule has 1 amide bonds. The summed E-state index contributed by atoms with van der Waals surface area (Å²) >= 11 is 0. The van der Waals surface area contributed by atoms with Crippen LogP contribution in [0.2, 0.25) is 0 Å². The normalized spacial score (nSPS) is 16.6. The Morgan fingerprint density at radius 2 is 2.10 bits per heavy atom. The van der Waals surface area contributed by atoms with E-state index in [1.807, 2.05) is 4.90 Å². The highest BCUT2D eigenvalue weighted by Gasteiger charge is 2.24. The topological polar surface area (TPSA) is 56.3 Å². The van der Waals surface area contributed by atoms with Gasteiger partial charge < -0.3 is 15.0 Å². The van der Waals surface area contributed by atoms with Crippen LogP contribution < -0.4 is 0 Å². The molecule has 0 unspecified atom stereocenters. The number of aromatic nitrogens is 1. The van der Waals surface area contributed by atoms with E-state index in [2.05, 4.69) is 4.98 Å². The molecule has 0 radical (unpaired) electrons. The van der Waals surface area contributed by atoms with Crippen molar-refractivity contribution in [3.63, 3.8) is 0 Å². The van der Waals surface area contributed by atoms with Gasteiger partial charge >= 0.3 is 0 Å². The first kappa shape index (κ1) is 14.1. The van der Waals surface area contributed by atoms with E-state index in [-0.39, 0.29) is 18.3 Å². The number of carbonyl (C=O) groups is 1. The van der Waals surface area contributed by atoms with Gasteiger partial charge in [0.25, 0.3) is 5.91 Å². The van der Waals surface area contributed by atoms with Crippen molar-refractivity contribution in [3.8, 4) is 0 Å². The molecule has 1 aromatic heterocycles. The van der Waals surface area contributed by atoms with Crippen LogP contribution in [0.5, 0.6) is 0 Å². The largest absolute Gasteiger partial charge is 0.396 e. The van der Waals surface area contributed by atoms with Gasteiger partial charge in [-0.15, -0.1) is 0 Å². The molecule has 5 heteroatoms. The predicted octanol–water partition coefficient (Wildman–Crippen LogP) is 2.54. The highest BCUT2D eigenvalue weighted by Crippen LogP contribution is 2.23. The monoisotopic (exact) mass is 290 g/mol. The lowest BCUT2D eigenvalue weighted by atomic mass is 9.94. The van der Waals surface area contributed by atoms with Crippen LogP contribution in [0, 0.1) is 11.7 Å². The van der Waals surface area contributed by atoms with Crippen LogP contribution in [0.3, 0.4) is 0 Å². The van der Waals surface area contributed by atoms with Gasteiger partial charge in [-0.1, -0.05) is 0 Å². The molecule has 0 spiro atoms. The number of hydrogen-bond donors (Lipinski definition) is 2. The zero-order valence-electron chi connectivity index (χ0n) is 11.8. The summed E-state index contributed by atoms with van der Waals surface area (Å²) in [6.45, 7) is 1.65. The fraction of sp³-hybridized carbons (Fsp3) is 0.438. The molecule has 2 N–H and O–H groups in total. The molecule has 0 atom stereocenters. The molecular weight excluding hydrogens is 271 g/mol. The number of carbonyl (C=O) groups excluding carboxylic acids is 1. The highest BCUT2D eigenvalue weighted by atomic mass is 19.1. The quantitative estimate of drug-likeness (QED) is 0.912. The number of H-pyrrole nitrogens is 1. The number of aliphatic hydroxyl groups is 1. The van der Waals surface area contributed by atoms with E-state index in [1.54, 1.807) is 12.1 Å². The first-order valence-electron chi connectivity index (χ1n) is 7.36. The second-order valence-corrected chi connectivity index (χ2v) is 5.66. The molecule has 0 saturated carbocycles. The Morgan fingerprint density at radius 1 is 1.33 bits per heavy atom. The van der Waals surface area contributed by atoms with Crippen LogP contribution in [0.4, 0.5) is 4.39 Å².